The van der Waals surface area contributed by atoms with E-state index in [1.54, 1.807) is 6.20 Å². The maximum atomic E-state index is 9.47. The fraction of sp³-hybridized carbons (Fsp3) is 0.545. The smallest absolute Gasteiger partial charge is 0.140 e. The van der Waals surface area contributed by atoms with Gasteiger partial charge in [-0.25, -0.2) is 4.98 Å². The van der Waals surface area contributed by atoms with Crippen LogP contribution in [0.3, 0.4) is 0 Å². The molecule has 0 amide bonds. The third kappa shape index (κ3) is 3.18. The van der Waals surface area contributed by atoms with Gasteiger partial charge in [0.2, 0.25) is 0 Å². The predicted molar refractivity (Wildman–Crippen MR) is 73.7 cm³/mol. The molecule has 0 aliphatic rings. The summed E-state index contributed by atoms with van der Waals surface area (Å²) in [5, 5.41) is 12.8. The van der Waals surface area contributed by atoms with Crippen LogP contribution in [0.5, 0.6) is 0 Å². The van der Waals surface area contributed by atoms with Crippen LogP contribution in [-0.2, 0) is 0 Å². The Bertz CT molecular complexity index is 346. The fourth-order valence-electron chi connectivity index (χ4n) is 1.45. The second kappa shape index (κ2) is 5.98. The van der Waals surface area contributed by atoms with Crippen molar-refractivity contribution in [2.75, 3.05) is 11.9 Å². The summed E-state index contributed by atoms with van der Waals surface area (Å²) in [6.07, 6.45) is 3.44. The Hall–Kier alpha value is -0.130. The molecule has 0 radical (unpaired) electrons. The minimum Gasteiger partial charge on any atom is -0.394 e. The highest BCUT2D eigenvalue weighted by Gasteiger charge is 2.25. The molecular weight excluding hydrogens is 336 g/mol. The number of nitrogens with one attached hydrogen (secondary N) is 1. The van der Waals surface area contributed by atoms with Gasteiger partial charge < -0.3 is 10.4 Å². The van der Waals surface area contributed by atoms with E-state index < -0.39 is 0 Å². The minimum atomic E-state index is -0.288. The van der Waals surface area contributed by atoms with Crippen molar-refractivity contribution >= 4 is 37.7 Å². The molecule has 0 unspecified atom stereocenters. The number of aliphatic hydroxyl groups is 1. The summed E-state index contributed by atoms with van der Waals surface area (Å²) in [7, 11) is 0. The number of pyridine rings is 1. The normalized spacial score (nSPS) is 11.6. The van der Waals surface area contributed by atoms with Gasteiger partial charge in [0, 0.05) is 10.7 Å². The number of nitrogens with zero attached hydrogens (tertiary/aromatic N) is 1. The van der Waals surface area contributed by atoms with Crippen molar-refractivity contribution in [2.24, 2.45) is 0 Å². The van der Waals surface area contributed by atoms with Gasteiger partial charge in [-0.15, -0.1) is 0 Å². The van der Waals surface area contributed by atoms with E-state index in [9.17, 15) is 5.11 Å². The van der Waals surface area contributed by atoms with Crippen molar-refractivity contribution in [1.29, 1.82) is 0 Å². The Kier molecular flexibility index (Phi) is 5.21. The lowest BCUT2D eigenvalue weighted by Crippen LogP contribution is -2.41. The first-order chi connectivity index (χ1) is 7.56. The van der Waals surface area contributed by atoms with E-state index in [1.807, 2.05) is 6.07 Å². The van der Waals surface area contributed by atoms with E-state index in [4.69, 9.17) is 0 Å². The van der Waals surface area contributed by atoms with Gasteiger partial charge in [-0.2, -0.15) is 0 Å². The van der Waals surface area contributed by atoms with Gasteiger partial charge >= 0.3 is 0 Å². The number of rotatable bonds is 5. The Morgan fingerprint density at radius 1 is 1.38 bits per heavy atom. The number of anilines is 1. The third-order valence-electron chi connectivity index (χ3n) is 2.85. The largest absolute Gasteiger partial charge is 0.394 e. The zero-order chi connectivity index (χ0) is 12.2. The molecule has 0 aliphatic carbocycles. The number of hydrogen-bond donors (Lipinski definition) is 2. The summed E-state index contributed by atoms with van der Waals surface area (Å²) in [6.45, 7) is 4.21. The Balaban J connectivity index is 2.93. The highest BCUT2D eigenvalue weighted by molar-refractivity contribution is 9.11. The van der Waals surface area contributed by atoms with Crippen LogP contribution in [0.15, 0.2) is 21.2 Å². The van der Waals surface area contributed by atoms with Crippen LogP contribution in [0.2, 0.25) is 0 Å². The number of aliphatic hydroxyl groups excluding tert-OH is 1. The molecule has 0 saturated heterocycles. The van der Waals surface area contributed by atoms with Crippen LogP contribution in [0.25, 0.3) is 0 Å². The lowest BCUT2D eigenvalue weighted by Gasteiger charge is -2.31. The molecular formula is C11H16Br2N2O. The average molecular weight is 352 g/mol. The van der Waals surface area contributed by atoms with Crippen molar-refractivity contribution in [1.82, 2.24) is 4.98 Å². The van der Waals surface area contributed by atoms with Crippen LogP contribution in [0.1, 0.15) is 26.7 Å². The van der Waals surface area contributed by atoms with E-state index in [-0.39, 0.29) is 12.1 Å². The van der Waals surface area contributed by atoms with Crippen LogP contribution in [0.4, 0.5) is 5.82 Å². The maximum Gasteiger partial charge on any atom is 0.140 e. The van der Waals surface area contributed by atoms with Gasteiger partial charge in [0.05, 0.1) is 16.6 Å². The van der Waals surface area contributed by atoms with Gasteiger partial charge in [0.15, 0.2) is 0 Å². The lowest BCUT2D eigenvalue weighted by atomic mass is 9.94. The summed E-state index contributed by atoms with van der Waals surface area (Å²) in [6, 6.07) is 1.93. The second-order valence-electron chi connectivity index (χ2n) is 3.75. The summed E-state index contributed by atoms with van der Waals surface area (Å²) in [4.78, 5) is 4.29. The lowest BCUT2D eigenvalue weighted by molar-refractivity contribution is 0.202. The molecule has 0 bridgehead atoms. The average Bonchev–Trinajstić information content (AvgIpc) is 2.29. The van der Waals surface area contributed by atoms with Gasteiger partial charge in [-0.1, -0.05) is 13.8 Å². The van der Waals surface area contributed by atoms with E-state index in [2.05, 4.69) is 56.0 Å². The number of halogens is 2. The standard InChI is InChI=1S/C11H16Br2N2O/c1-3-11(4-2,7-16)15-10-9(13)5-8(12)6-14-10/h5-6,16H,3-4,7H2,1-2H3,(H,14,15). The van der Waals surface area contributed by atoms with Gasteiger partial charge in [-0.3, -0.25) is 0 Å². The van der Waals surface area contributed by atoms with Crippen molar-refractivity contribution in [3.63, 3.8) is 0 Å². The molecule has 0 spiro atoms. The Morgan fingerprint density at radius 2 is 2.00 bits per heavy atom. The topological polar surface area (TPSA) is 45.1 Å². The third-order valence-corrected chi connectivity index (χ3v) is 3.89. The monoisotopic (exact) mass is 350 g/mol. The SMILES string of the molecule is CCC(CC)(CO)Nc1ncc(Br)cc1Br. The molecule has 1 rings (SSSR count). The van der Waals surface area contributed by atoms with E-state index >= 15 is 0 Å². The zero-order valence-corrected chi connectivity index (χ0v) is 12.6. The molecule has 2 N–H and O–H groups in total. The maximum absolute atomic E-state index is 9.47. The molecule has 1 aromatic rings. The molecule has 0 aliphatic heterocycles. The van der Waals surface area contributed by atoms with Crippen LogP contribution in [-0.4, -0.2) is 22.2 Å². The highest BCUT2D eigenvalue weighted by atomic mass is 79.9. The minimum absolute atomic E-state index is 0.101. The molecule has 5 heteroatoms. The number of aromatic nitrogens is 1. The van der Waals surface area contributed by atoms with Crippen LogP contribution in [0, 0.1) is 0 Å². The summed E-state index contributed by atoms with van der Waals surface area (Å²) < 4.78 is 1.81. The molecule has 90 valence electrons. The van der Waals surface area contributed by atoms with E-state index in [1.165, 1.54) is 0 Å². The molecule has 1 aromatic heterocycles. The second-order valence-corrected chi connectivity index (χ2v) is 5.52. The molecule has 0 aromatic carbocycles. The van der Waals surface area contributed by atoms with Crippen molar-refractivity contribution in [3.05, 3.63) is 21.2 Å². The van der Waals surface area contributed by atoms with Crippen molar-refractivity contribution < 1.29 is 5.11 Å². The van der Waals surface area contributed by atoms with E-state index in [0.29, 0.717) is 0 Å². The van der Waals surface area contributed by atoms with Gasteiger partial charge in [0.1, 0.15) is 5.82 Å². The molecule has 0 fully saturated rings. The number of hydrogen-bond acceptors (Lipinski definition) is 3. The van der Waals surface area contributed by atoms with Crippen LogP contribution >= 0.6 is 31.9 Å². The van der Waals surface area contributed by atoms with E-state index in [0.717, 1.165) is 27.6 Å². The summed E-state index contributed by atoms with van der Waals surface area (Å²) in [5.74, 6) is 0.765. The molecule has 0 atom stereocenters. The Morgan fingerprint density at radius 3 is 2.44 bits per heavy atom. The van der Waals surface area contributed by atoms with Crippen molar-refractivity contribution in [3.8, 4) is 0 Å². The molecule has 1 heterocycles. The first-order valence-electron chi connectivity index (χ1n) is 5.27. The highest BCUT2D eigenvalue weighted by Crippen LogP contribution is 2.28. The summed E-state index contributed by atoms with van der Waals surface area (Å²) >= 11 is 6.81. The molecule has 0 saturated carbocycles. The predicted octanol–water partition coefficient (Wildman–Crippen LogP) is 3.57. The quantitative estimate of drug-likeness (QED) is 0.852. The van der Waals surface area contributed by atoms with Crippen molar-refractivity contribution in [2.45, 2.75) is 32.2 Å². The molecule has 16 heavy (non-hydrogen) atoms. The first-order valence-corrected chi connectivity index (χ1v) is 6.85. The first kappa shape index (κ1) is 13.9. The fourth-order valence-corrected chi connectivity index (χ4v) is 2.53. The van der Waals surface area contributed by atoms with Gasteiger partial charge in [0.25, 0.3) is 0 Å². The Labute approximate surface area is 113 Å². The van der Waals surface area contributed by atoms with Gasteiger partial charge in [-0.05, 0) is 50.8 Å². The summed E-state index contributed by atoms with van der Waals surface area (Å²) in [5.41, 5.74) is -0.288. The molecule has 3 nitrogen and oxygen atoms in total. The zero-order valence-electron chi connectivity index (χ0n) is 9.43. The van der Waals surface area contributed by atoms with Crippen LogP contribution < -0.4 is 5.32 Å².